The van der Waals surface area contributed by atoms with E-state index in [-0.39, 0.29) is 17.2 Å². The highest BCUT2D eigenvalue weighted by Gasteiger charge is 2.37. The van der Waals surface area contributed by atoms with E-state index in [9.17, 15) is 18.0 Å². The predicted octanol–water partition coefficient (Wildman–Crippen LogP) is 5.56. The van der Waals surface area contributed by atoms with Gasteiger partial charge in [-0.25, -0.2) is 4.98 Å². The van der Waals surface area contributed by atoms with Gasteiger partial charge in [0, 0.05) is 18.5 Å². The van der Waals surface area contributed by atoms with Crippen LogP contribution in [0.25, 0.3) is 11.1 Å². The summed E-state index contributed by atoms with van der Waals surface area (Å²) in [5.41, 5.74) is 0.469. The van der Waals surface area contributed by atoms with Gasteiger partial charge in [0.05, 0.1) is 23.1 Å². The first-order chi connectivity index (χ1) is 15.8. The number of carbonyl (C=O) groups excluding carboxylic acids is 1. The molecule has 0 N–H and O–H groups in total. The largest absolute Gasteiger partial charge is 0.419 e. The number of nitrogens with zero attached hydrogens (tertiary/aromatic N) is 4. The van der Waals surface area contributed by atoms with Crippen LogP contribution in [0.4, 0.5) is 24.5 Å². The van der Waals surface area contributed by atoms with Gasteiger partial charge in [-0.15, -0.1) is 0 Å². The molecular weight excluding hydrogens is 449 g/mol. The molecule has 3 aromatic rings. The summed E-state index contributed by atoms with van der Waals surface area (Å²) in [6.45, 7) is 0.417. The highest BCUT2D eigenvalue weighted by atomic mass is 32.1. The van der Waals surface area contributed by atoms with Gasteiger partial charge in [0.25, 0.3) is 0 Å². The number of hydrogen-bond acceptors (Lipinski definition) is 4. The third-order valence-electron chi connectivity index (χ3n) is 5.27. The van der Waals surface area contributed by atoms with E-state index in [0.717, 1.165) is 34.0 Å². The van der Waals surface area contributed by atoms with Crippen LogP contribution in [0.5, 0.6) is 0 Å². The summed E-state index contributed by atoms with van der Waals surface area (Å²) in [4.78, 5) is 19.4. The Morgan fingerprint density at radius 1 is 1.06 bits per heavy atom. The number of hydrogen-bond donors (Lipinski definition) is 0. The zero-order valence-electron chi connectivity index (χ0n) is 17.2. The Morgan fingerprint density at radius 3 is 2.45 bits per heavy atom. The number of para-hydroxylation sites is 1. The van der Waals surface area contributed by atoms with E-state index in [1.54, 1.807) is 4.90 Å². The molecule has 0 atom stereocenters. The van der Waals surface area contributed by atoms with Gasteiger partial charge in [-0.2, -0.15) is 18.4 Å². The molecule has 0 radical (unpaired) electrons. The van der Waals surface area contributed by atoms with Crippen molar-refractivity contribution < 1.29 is 18.0 Å². The van der Waals surface area contributed by atoms with Gasteiger partial charge < -0.3 is 4.90 Å². The van der Waals surface area contributed by atoms with E-state index in [2.05, 4.69) is 4.98 Å². The van der Waals surface area contributed by atoms with Crippen LogP contribution in [0.1, 0.15) is 24.1 Å². The quantitative estimate of drug-likeness (QED) is 0.473. The van der Waals surface area contributed by atoms with E-state index in [1.807, 2.05) is 54.6 Å². The van der Waals surface area contributed by atoms with Crippen molar-refractivity contribution >= 4 is 34.6 Å². The molecule has 1 aliphatic heterocycles. The number of thiocarbonyl (C=S) groups is 1. The average Bonchev–Trinajstić information content (AvgIpc) is 2.96. The number of anilines is 2. The van der Waals surface area contributed by atoms with Crippen molar-refractivity contribution in [2.45, 2.75) is 19.0 Å². The Kier molecular flexibility index (Phi) is 6.11. The summed E-state index contributed by atoms with van der Waals surface area (Å²) < 4.78 is 40.5. The Balaban J connectivity index is 1.80. The Morgan fingerprint density at radius 2 is 1.76 bits per heavy atom. The van der Waals surface area contributed by atoms with Crippen molar-refractivity contribution in [1.82, 2.24) is 4.98 Å². The molecule has 2 aromatic carbocycles. The molecule has 0 saturated carbocycles. The number of carbonyl (C=O) groups is 1. The van der Waals surface area contributed by atoms with E-state index in [4.69, 9.17) is 17.5 Å². The Labute approximate surface area is 193 Å². The normalized spacial score (nSPS) is 14.7. The van der Waals surface area contributed by atoms with Gasteiger partial charge in [0.2, 0.25) is 5.91 Å². The average molecular weight is 466 g/mol. The number of alkyl halides is 3. The van der Waals surface area contributed by atoms with Crippen LogP contribution in [-0.2, 0) is 11.0 Å². The Hall–Kier alpha value is -3.77. The SMILES string of the molecule is N#Cc1ncc(N2C(=O)CCCN(c3ccccc3-c3ccccc3)C2=S)cc1C(F)(F)F. The molecule has 0 bridgehead atoms. The van der Waals surface area contributed by atoms with Crippen molar-refractivity contribution in [3.8, 4) is 17.2 Å². The second kappa shape index (κ2) is 9.00. The number of halogens is 3. The summed E-state index contributed by atoms with van der Waals surface area (Å²) in [5, 5.41) is 9.09. The van der Waals surface area contributed by atoms with Gasteiger partial charge in [-0.1, -0.05) is 48.5 Å². The molecule has 0 aliphatic carbocycles. The summed E-state index contributed by atoms with van der Waals surface area (Å²) in [7, 11) is 0. The molecule has 2 heterocycles. The fraction of sp³-hybridized carbons (Fsp3) is 0.167. The third-order valence-corrected chi connectivity index (χ3v) is 5.67. The lowest BCUT2D eigenvalue weighted by atomic mass is 10.0. The monoisotopic (exact) mass is 466 g/mol. The van der Waals surface area contributed by atoms with Gasteiger partial charge in [0.1, 0.15) is 6.07 Å². The highest BCUT2D eigenvalue weighted by Crippen LogP contribution is 2.36. The van der Waals surface area contributed by atoms with E-state index < -0.39 is 23.3 Å². The van der Waals surface area contributed by atoms with E-state index >= 15 is 0 Å². The van der Waals surface area contributed by atoms with Crippen LogP contribution >= 0.6 is 12.2 Å². The molecule has 166 valence electrons. The molecule has 1 aromatic heterocycles. The lowest BCUT2D eigenvalue weighted by Gasteiger charge is -2.31. The van der Waals surface area contributed by atoms with Crippen LogP contribution in [0.2, 0.25) is 0 Å². The topological polar surface area (TPSA) is 60.2 Å². The van der Waals surface area contributed by atoms with Crippen LogP contribution in [0, 0.1) is 11.3 Å². The first kappa shape index (κ1) is 22.4. The molecule has 5 nitrogen and oxygen atoms in total. The molecule has 1 fully saturated rings. The maximum absolute atomic E-state index is 13.5. The molecule has 33 heavy (non-hydrogen) atoms. The molecule has 1 saturated heterocycles. The second-order valence-electron chi connectivity index (χ2n) is 7.35. The minimum atomic E-state index is -4.80. The zero-order valence-corrected chi connectivity index (χ0v) is 18.0. The third kappa shape index (κ3) is 4.43. The van der Waals surface area contributed by atoms with Crippen LogP contribution < -0.4 is 9.80 Å². The zero-order chi connectivity index (χ0) is 23.6. The van der Waals surface area contributed by atoms with Crippen molar-refractivity contribution in [1.29, 1.82) is 5.26 Å². The maximum Gasteiger partial charge on any atom is 0.419 e. The van der Waals surface area contributed by atoms with Crippen LogP contribution in [0.15, 0.2) is 66.9 Å². The van der Waals surface area contributed by atoms with E-state index in [1.165, 1.54) is 6.07 Å². The van der Waals surface area contributed by atoms with Gasteiger partial charge in [0.15, 0.2) is 10.8 Å². The summed E-state index contributed by atoms with van der Waals surface area (Å²) in [5.74, 6) is -0.431. The van der Waals surface area contributed by atoms with Crippen LogP contribution in [-0.4, -0.2) is 22.5 Å². The summed E-state index contributed by atoms with van der Waals surface area (Å²) in [6, 6.07) is 19.3. The minimum absolute atomic E-state index is 0.0560. The van der Waals surface area contributed by atoms with Crippen LogP contribution in [0.3, 0.4) is 0 Å². The highest BCUT2D eigenvalue weighted by molar-refractivity contribution is 7.81. The van der Waals surface area contributed by atoms with Crippen molar-refractivity contribution in [2.75, 3.05) is 16.3 Å². The Bertz CT molecular complexity index is 1250. The number of amides is 1. The molecule has 9 heteroatoms. The van der Waals surface area contributed by atoms with Crippen molar-refractivity contribution in [2.24, 2.45) is 0 Å². The van der Waals surface area contributed by atoms with E-state index in [0.29, 0.717) is 13.0 Å². The molecule has 4 rings (SSSR count). The lowest BCUT2D eigenvalue weighted by molar-refractivity contribution is -0.138. The fourth-order valence-corrected chi connectivity index (χ4v) is 4.15. The predicted molar refractivity (Wildman–Crippen MR) is 122 cm³/mol. The molecule has 1 amide bonds. The first-order valence-corrected chi connectivity index (χ1v) is 10.5. The molecule has 0 spiro atoms. The number of rotatable bonds is 3. The number of pyridine rings is 1. The number of aromatic nitrogens is 1. The van der Waals surface area contributed by atoms with Gasteiger partial charge in [-0.3, -0.25) is 9.69 Å². The maximum atomic E-state index is 13.5. The standard InChI is InChI=1S/C24H17F3N4OS/c25-24(26,27)19-13-17(15-29-20(19)14-28)31-22(32)11-6-12-30(23(31)33)21-10-5-4-9-18(21)16-7-2-1-3-8-16/h1-5,7-10,13,15H,6,11-12H2. The van der Waals surface area contributed by atoms with Gasteiger partial charge in [-0.05, 0) is 36.3 Å². The summed E-state index contributed by atoms with van der Waals surface area (Å²) in [6.07, 6.45) is -3.16. The van der Waals surface area contributed by atoms with Gasteiger partial charge >= 0.3 is 6.18 Å². The number of benzene rings is 2. The molecular formula is C24H17F3N4OS. The fourth-order valence-electron chi connectivity index (χ4n) is 3.75. The summed E-state index contributed by atoms with van der Waals surface area (Å²) >= 11 is 5.64. The molecule has 0 unspecified atom stereocenters. The molecule has 1 aliphatic rings. The van der Waals surface area contributed by atoms with Crippen molar-refractivity contribution in [3.05, 3.63) is 78.1 Å². The minimum Gasteiger partial charge on any atom is -0.318 e. The first-order valence-electron chi connectivity index (χ1n) is 10.1. The smallest absolute Gasteiger partial charge is 0.318 e. The lowest BCUT2D eigenvalue weighted by Crippen LogP contribution is -2.44. The van der Waals surface area contributed by atoms with Crippen molar-refractivity contribution in [3.63, 3.8) is 0 Å². The second-order valence-corrected chi connectivity index (χ2v) is 7.71. The number of nitriles is 1.